The van der Waals surface area contributed by atoms with Gasteiger partial charge in [-0.1, -0.05) is 20.3 Å². The zero-order valence-corrected chi connectivity index (χ0v) is 12.8. The third-order valence-corrected chi connectivity index (χ3v) is 5.15. The fourth-order valence-corrected chi connectivity index (χ4v) is 3.46. The summed E-state index contributed by atoms with van der Waals surface area (Å²) < 4.78 is 26.1. The van der Waals surface area contributed by atoms with Crippen molar-refractivity contribution in [2.45, 2.75) is 38.1 Å². The lowest BCUT2D eigenvalue weighted by molar-refractivity contribution is 0.392. The van der Waals surface area contributed by atoms with Gasteiger partial charge in [0.05, 0.1) is 5.88 Å². The lowest BCUT2D eigenvalue weighted by Gasteiger charge is -2.19. The van der Waals surface area contributed by atoms with Crippen molar-refractivity contribution < 1.29 is 8.42 Å². The Balaban J connectivity index is 3.05. The van der Waals surface area contributed by atoms with Crippen LogP contribution in [0.4, 0.5) is 0 Å². The number of aryl methyl sites for hydroxylation is 1. The molecule has 0 amide bonds. The molecule has 0 bridgehead atoms. The van der Waals surface area contributed by atoms with Gasteiger partial charge < -0.3 is 0 Å². The molecule has 18 heavy (non-hydrogen) atoms. The zero-order chi connectivity index (χ0) is 13.9. The summed E-state index contributed by atoms with van der Waals surface area (Å²) in [5, 5.41) is 6.59. The van der Waals surface area contributed by atoms with E-state index in [0.29, 0.717) is 23.7 Å². The highest BCUT2D eigenvalue weighted by molar-refractivity contribution is 7.89. The number of nitrogens with one attached hydrogen (secondary N) is 1. The molecule has 0 aromatic carbocycles. The molecule has 1 N–H and O–H groups in total. The van der Waals surface area contributed by atoms with E-state index in [1.807, 2.05) is 13.8 Å². The number of halogens is 1. The van der Waals surface area contributed by atoms with Crippen molar-refractivity contribution in [2.75, 3.05) is 13.6 Å². The molecule has 1 aromatic rings. The van der Waals surface area contributed by atoms with Crippen LogP contribution in [0, 0.1) is 12.8 Å². The van der Waals surface area contributed by atoms with E-state index in [2.05, 4.69) is 10.2 Å². The fraction of sp³-hybridized carbons (Fsp3) is 0.727. The van der Waals surface area contributed by atoms with Crippen molar-refractivity contribution in [3.05, 3.63) is 11.3 Å². The number of alkyl halides is 1. The van der Waals surface area contributed by atoms with E-state index in [1.165, 1.54) is 4.31 Å². The summed E-state index contributed by atoms with van der Waals surface area (Å²) in [6, 6.07) is 0. The number of hydrogen-bond donors (Lipinski definition) is 1. The maximum atomic E-state index is 12.4. The number of H-pyrrole nitrogens is 1. The van der Waals surface area contributed by atoms with Crippen LogP contribution in [0.3, 0.4) is 0 Å². The highest BCUT2D eigenvalue weighted by Gasteiger charge is 2.28. The van der Waals surface area contributed by atoms with Gasteiger partial charge in [-0.15, -0.1) is 11.6 Å². The number of aromatic nitrogens is 2. The van der Waals surface area contributed by atoms with Crippen LogP contribution < -0.4 is 0 Å². The molecular formula is C11H20ClN3O2S. The molecule has 1 heterocycles. The van der Waals surface area contributed by atoms with Crippen LogP contribution in [0.1, 0.15) is 31.5 Å². The third-order valence-electron chi connectivity index (χ3n) is 3.09. The van der Waals surface area contributed by atoms with Crippen molar-refractivity contribution in [3.8, 4) is 0 Å². The lowest BCUT2D eigenvalue weighted by atomic mass is 10.1. The van der Waals surface area contributed by atoms with Crippen LogP contribution >= 0.6 is 11.6 Å². The molecule has 0 aliphatic rings. The molecule has 7 heteroatoms. The van der Waals surface area contributed by atoms with Crippen LogP contribution in [0.5, 0.6) is 0 Å². The van der Waals surface area contributed by atoms with Crippen LogP contribution in [-0.4, -0.2) is 36.5 Å². The summed E-state index contributed by atoms with van der Waals surface area (Å²) in [6.07, 6.45) is 0.932. The van der Waals surface area contributed by atoms with Gasteiger partial charge in [0.2, 0.25) is 0 Å². The molecule has 104 valence electrons. The van der Waals surface area contributed by atoms with Gasteiger partial charge in [-0.2, -0.15) is 9.40 Å². The first-order valence-electron chi connectivity index (χ1n) is 5.90. The smallest absolute Gasteiger partial charge is 0.262 e. The van der Waals surface area contributed by atoms with Crippen molar-refractivity contribution in [3.63, 3.8) is 0 Å². The van der Waals surface area contributed by atoms with Gasteiger partial charge in [0.25, 0.3) is 10.0 Å². The van der Waals surface area contributed by atoms with Gasteiger partial charge >= 0.3 is 0 Å². The molecule has 0 radical (unpaired) electrons. The average molecular weight is 294 g/mol. The van der Waals surface area contributed by atoms with Gasteiger partial charge in [0, 0.05) is 24.8 Å². The largest absolute Gasteiger partial charge is 0.281 e. The summed E-state index contributed by atoms with van der Waals surface area (Å²) in [6.45, 7) is 6.29. The summed E-state index contributed by atoms with van der Waals surface area (Å²) in [5.74, 6) is 0.443. The number of rotatable bonds is 6. The van der Waals surface area contributed by atoms with E-state index in [4.69, 9.17) is 11.6 Å². The molecule has 0 fully saturated rings. The highest BCUT2D eigenvalue weighted by atomic mass is 35.5. The van der Waals surface area contributed by atoms with Crippen molar-refractivity contribution >= 4 is 21.6 Å². The zero-order valence-electron chi connectivity index (χ0n) is 11.2. The van der Waals surface area contributed by atoms with Gasteiger partial charge in [-0.3, -0.25) is 5.10 Å². The Morgan fingerprint density at radius 1 is 1.50 bits per heavy atom. The minimum absolute atomic E-state index is 0.0424. The molecule has 1 atom stereocenters. The second kappa shape index (κ2) is 6.04. The second-order valence-corrected chi connectivity index (χ2v) is 6.79. The van der Waals surface area contributed by atoms with Gasteiger partial charge in [0.15, 0.2) is 5.03 Å². The SMILES string of the molecule is CCC(C)CN(C)S(=O)(=O)c1n[nH]c(C)c1CCl. The van der Waals surface area contributed by atoms with E-state index < -0.39 is 10.0 Å². The Hall–Kier alpha value is -0.590. The fourth-order valence-electron chi connectivity index (χ4n) is 1.61. The number of hydrogen-bond acceptors (Lipinski definition) is 3. The van der Waals surface area contributed by atoms with Gasteiger partial charge in [0.1, 0.15) is 0 Å². The number of nitrogens with zero attached hydrogens (tertiary/aromatic N) is 2. The summed E-state index contributed by atoms with van der Waals surface area (Å²) in [4.78, 5) is 0. The normalized spacial score (nSPS) is 14.1. The molecule has 0 aliphatic carbocycles. The summed E-state index contributed by atoms with van der Waals surface area (Å²) in [5.41, 5.74) is 1.24. The maximum Gasteiger partial charge on any atom is 0.262 e. The Morgan fingerprint density at radius 3 is 2.61 bits per heavy atom. The molecular weight excluding hydrogens is 274 g/mol. The lowest BCUT2D eigenvalue weighted by Crippen LogP contribution is -2.31. The second-order valence-electron chi connectivity index (χ2n) is 4.56. The van der Waals surface area contributed by atoms with E-state index >= 15 is 0 Å². The molecule has 0 spiro atoms. The number of sulfonamides is 1. The standard InChI is InChI=1S/C11H20ClN3O2S/c1-5-8(2)7-15(4)18(16,17)11-10(6-12)9(3)13-14-11/h8H,5-7H2,1-4H3,(H,13,14). The minimum Gasteiger partial charge on any atom is -0.281 e. The Morgan fingerprint density at radius 2 is 2.11 bits per heavy atom. The Bertz CT molecular complexity index is 498. The quantitative estimate of drug-likeness (QED) is 0.817. The van der Waals surface area contributed by atoms with Crippen molar-refractivity contribution in [2.24, 2.45) is 5.92 Å². The molecule has 5 nitrogen and oxygen atoms in total. The molecule has 0 aliphatic heterocycles. The molecule has 1 rings (SSSR count). The van der Waals surface area contributed by atoms with E-state index in [9.17, 15) is 8.42 Å². The van der Waals surface area contributed by atoms with Crippen LogP contribution in [-0.2, 0) is 15.9 Å². The topological polar surface area (TPSA) is 66.1 Å². The third kappa shape index (κ3) is 3.05. The van der Waals surface area contributed by atoms with Crippen molar-refractivity contribution in [1.29, 1.82) is 0 Å². The number of aromatic amines is 1. The van der Waals surface area contributed by atoms with E-state index in [0.717, 1.165) is 6.42 Å². The van der Waals surface area contributed by atoms with E-state index in [1.54, 1.807) is 14.0 Å². The highest BCUT2D eigenvalue weighted by Crippen LogP contribution is 2.22. The predicted octanol–water partition coefficient (Wildman–Crippen LogP) is 2.12. The molecule has 1 unspecified atom stereocenters. The Kier molecular flexibility index (Phi) is 5.19. The first-order valence-corrected chi connectivity index (χ1v) is 7.88. The van der Waals surface area contributed by atoms with Crippen molar-refractivity contribution in [1.82, 2.24) is 14.5 Å². The summed E-state index contributed by atoms with van der Waals surface area (Å²) >= 11 is 5.78. The molecule has 1 aromatic heterocycles. The molecule has 0 saturated carbocycles. The Labute approximate surface area is 114 Å². The first kappa shape index (κ1) is 15.5. The average Bonchev–Trinajstić information content (AvgIpc) is 2.70. The van der Waals surface area contributed by atoms with Gasteiger partial charge in [-0.05, 0) is 12.8 Å². The monoisotopic (exact) mass is 293 g/mol. The summed E-state index contributed by atoms with van der Waals surface area (Å²) in [7, 11) is -1.99. The van der Waals surface area contributed by atoms with E-state index in [-0.39, 0.29) is 10.9 Å². The maximum absolute atomic E-state index is 12.4. The first-order chi connectivity index (χ1) is 8.34. The van der Waals surface area contributed by atoms with Gasteiger partial charge in [-0.25, -0.2) is 8.42 Å². The van der Waals surface area contributed by atoms with Crippen LogP contribution in [0.25, 0.3) is 0 Å². The minimum atomic E-state index is -3.56. The molecule has 0 saturated heterocycles. The van der Waals surface area contributed by atoms with Crippen LogP contribution in [0.2, 0.25) is 0 Å². The van der Waals surface area contributed by atoms with Crippen LogP contribution in [0.15, 0.2) is 5.03 Å². The predicted molar refractivity (Wildman–Crippen MR) is 72.2 cm³/mol.